The number of amides is 1. The first kappa shape index (κ1) is 21.8. The number of nitrogens with zero attached hydrogens (tertiary/aromatic N) is 3. The fraction of sp³-hybridized carbons (Fsp3) is 0.0556. The van der Waals surface area contributed by atoms with E-state index >= 15 is 0 Å². The van der Waals surface area contributed by atoms with Gasteiger partial charge in [0.25, 0.3) is 5.91 Å². The van der Waals surface area contributed by atoms with Gasteiger partial charge in [-0.1, -0.05) is 17.7 Å². The highest BCUT2D eigenvalue weighted by molar-refractivity contribution is 6.30. The Balaban J connectivity index is 1.81. The van der Waals surface area contributed by atoms with Crippen molar-refractivity contribution >= 4 is 40.5 Å². The van der Waals surface area contributed by atoms with Crippen molar-refractivity contribution in [3.05, 3.63) is 81.1 Å². The van der Waals surface area contributed by atoms with Crippen LogP contribution in [0, 0.1) is 10.1 Å². The summed E-state index contributed by atoms with van der Waals surface area (Å²) in [5, 5.41) is 14.4. The van der Waals surface area contributed by atoms with E-state index < -0.39 is 28.3 Å². The summed E-state index contributed by atoms with van der Waals surface area (Å²) >= 11 is 5.82. The zero-order valence-electron chi connectivity index (χ0n) is 15.3. The van der Waals surface area contributed by atoms with Crippen molar-refractivity contribution in [2.75, 3.05) is 10.7 Å². The molecule has 3 rings (SSSR count). The number of alkyl halides is 3. The third-order valence-corrected chi connectivity index (χ3v) is 4.10. The number of nitrogens with one attached hydrogen (secondary N) is 3. The van der Waals surface area contributed by atoms with Gasteiger partial charge < -0.3 is 5.32 Å². The van der Waals surface area contributed by atoms with Crippen molar-refractivity contribution in [3.63, 3.8) is 0 Å². The first-order valence-electron chi connectivity index (χ1n) is 8.41. The van der Waals surface area contributed by atoms with Crippen LogP contribution in [0.5, 0.6) is 0 Å². The molecule has 1 heterocycles. The number of rotatable bonds is 6. The lowest BCUT2D eigenvalue weighted by atomic mass is 10.2. The van der Waals surface area contributed by atoms with E-state index in [0.717, 1.165) is 30.6 Å². The third kappa shape index (κ3) is 5.36. The molecule has 0 fully saturated rings. The zero-order chi connectivity index (χ0) is 22.6. The fourth-order valence-electron chi connectivity index (χ4n) is 2.43. The van der Waals surface area contributed by atoms with Crippen LogP contribution in [0.2, 0.25) is 5.02 Å². The molecule has 0 saturated heterocycles. The van der Waals surface area contributed by atoms with Crippen LogP contribution in [0.25, 0.3) is 0 Å². The van der Waals surface area contributed by atoms with Crippen molar-refractivity contribution in [3.8, 4) is 0 Å². The number of halogens is 4. The third-order valence-electron chi connectivity index (χ3n) is 3.86. The zero-order valence-corrected chi connectivity index (χ0v) is 16.0. The van der Waals surface area contributed by atoms with Gasteiger partial charge in [-0.05, 0) is 42.5 Å². The smallest absolute Gasteiger partial charge is 0.334 e. The molecule has 160 valence electrons. The molecular weight excluding hydrogens is 441 g/mol. The predicted molar refractivity (Wildman–Crippen MR) is 106 cm³/mol. The summed E-state index contributed by atoms with van der Waals surface area (Å²) in [6.45, 7) is 0. The molecule has 1 aromatic heterocycles. The van der Waals surface area contributed by atoms with Crippen LogP contribution in [-0.2, 0) is 6.18 Å². The van der Waals surface area contributed by atoms with Gasteiger partial charge in [-0.15, -0.1) is 0 Å². The Bertz CT molecular complexity index is 1130. The fourth-order valence-corrected chi connectivity index (χ4v) is 2.62. The highest BCUT2D eigenvalue weighted by Crippen LogP contribution is 2.33. The Hall–Kier alpha value is -3.93. The number of hydrogen-bond acceptors (Lipinski definition) is 7. The van der Waals surface area contributed by atoms with E-state index in [-0.39, 0.29) is 22.9 Å². The van der Waals surface area contributed by atoms with Crippen molar-refractivity contribution < 1.29 is 22.9 Å². The van der Waals surface area contributed by atoms with Crippen LogP contribution in [0.4, 0.5) is 36.2 Å². The second kappa shape index (κ2) is 8.83. The first-order valence-corrected chi connectivity index (χ1v) is 8.78. The lowest BCUT2D eigenvalue weighted by Gasteiger charge is -2.12. The van der Waals surface area contributed by atoms with E-state index in [1.54, 1.807) is 12.1 Å². The highest BCUT2D eigenvalue weighted by atomic mass is 35.5. The van der Waals surface area contributed by atoms with E-state index in [2.05, 4.69) is 26.1 Å². The topological polar surface area (TPSA) is 122 Å². The van der Waals surface area contributed by atoms with E-state index in [4.69, 9.17) is 11.6 Å². The summed E-state index contributed by atoms with van der Waals surface area (Å²) in [5.74, 6) is -1.27. The summed E-state index contributed by atoms with van der Waals surface area (Å²) in [6.07, 6.45) is -3.54. The van der Waals surface area contributed by atoms with Gasteiger partial charge in [0.2, 0.25) is 11.6 Å². The number of carbonyl (C=O) groups excluding carboxylic acids is 1. The second-order valence-corrected chi connectivity index (χ2v) is 6.40. The average molecular weight is 453 g/mol. The molecule has 13 heteroatoms. The van der Waals surface area contributed by atoms with E-state index in [1.807, 2.05) is 0 Å². The number of benzene rings is 2. The molecule has 0 aliphatic heterocycles. The standard InChI is InChI=1S/C18H12ClF3N6O3/c19-12-3-1-2-10(8-12)17(29)27-26-16-14(28(30)31)15(23-9-24-16)25-13-6-4-11(5-7-13)18(20,21)22/h1-9H,(H,27,29)(H2,23,24,25,26). The maximum absolute atomic E-state index is 12.7. The molecule has 3 aromatic rings. The van der Waals surface area contributed by atoms with Crippen LogP contribution < -0.4 is 16.2 Å². The Morgan fingerprint density at radius 3 is 2.35 bits per heavy atom. The lowest BCUT2D eigenvalue weighted by molar-refractivity contribution is -0.383. The number of hydrazine groups is 1. The van der Waals surface area contributed by atoms with E-state index in [1.165, 1.54) is 12.1 Å². The van der Waals surface area contributed by atoms with Gasteiger partial charge in [-0.25, -0.2) is 9.97 Å². The van der Waals surface area contributed by atoms with Crippen LogP contribution in [-0.4, -0.2) is 20.8 Å². The van der Waals surface area contributed by atoms with Gasteiger partial charge in [0.05, 0.1) is 10.5 Å². The molecule has 0 radical (unpaired) electrons. The van der Waals surface area contributed by atoms with Crippen molar-refractivity contribution in [1.29, 1.82) is 0 Å². The van der Waals surface area contributed by atoms with Gasteiger partial charge in [0, 0.05) is 16.3 Å². The first-order chi connectivity index (χ1) is 14.6. The number of anilines is 3. The molecule has 2 aromatic carbocycles. The summed E-state index contributed by atoms with van der Waals surface area (Å²) < 4.78 is 38.1. The number of carbonyl (C=O) groups is 1. The van der Waals surface area contributed by atoms with Crippen molar-refractivity contribution in [1.82, 2.24) is 15.4 Å². The Kier molecular flexibility index (Phi) is 6.20. The maximum Gasteiger partial charge on any atom is 0.416 e. The van der Waals surface area contributed by atoms with Gasteiger partial charge in [-0.3, -0.25) is 25.8 Å². The number of nitro groups is 1. The molecule has 0 spiro atoms. The molecule has 0 unspecified atom stereocenters. The monoisotopic (exact) mass is 452 g/mol. The SMILES string of the molecule is O=C(NNc1ncnc(Nc2ccc(C(F)(F)F)cc2)c1[N+](=O)[O-])c1cccc(Cl)c1. The quantitative estimate of drug-likeness (QED) is 0.370. The normalized spacial score (nSPS) is 11.0. The van der Waals surface area contributed by atoms with Gasteiger partial charge in [0.1, 0.15) is 6.33 Å². The minimum Gasteiger partial charge on any atom is -0.334 e. The largest absolute Gasteiger partial charge is 0.416 e. The van der Waals surface area contributed by atoms with Crippen molar-refractivity contribution in [2.24, 2.45) is 0 Å². The average Bonchev–Trinajstić information content (AvgIpc) is 2.71. The lowest BCUT2D eigenvalue weighted by Crippen LogP contribution is -2.30. The minimum atomic E-state index is -4.52. The highest BCUT2D eigenvalue weighted by Gasteiger charge is 2.30. The van der Waals surface area contributed by atoms with Gasteiger partial charge in [-0.2, -0.15) is 13.2 Å². The van der Waals surface area contributed by atoms with Crippen LogP contribution in [0.1, 0.15) is 15.9 Å². The molecule has 9 nitrogen and oxygen atoms in total. The predicted octanol–water partition coefficient (Wildman–Crippen LogP) is 4.56. The Morgan fingerprint density at radius 1 is 1.06 bits per heavy atom. The molecule has 3 N–H and O–H groups in total. The van der Waals surface area contributed by atoms with Crippen LogP contribution in [0.3, 0.4) is 0 Å². The molecule has 0 atom stereocenters. The molecule has 31 heavy (non-hydrogen) atoms. The summed E-state index contributed by atoms with van der Waals surface area (Å²) in [6, 6.07) is 9.83. The molecule has 1 amide bonds. The molecule has 0 aliphatic rings. The van der Waals surface area contributed by atoms with Crippen molar-refractivity contribution in [2.45, 2.75) is 6.18 Å². The van der Waals surface area contributed by atoms with E-state index in [0.29, 0.717) is 5.02 Å². The molecule has 0 aliphatic carbocycles. The van der Waals surface area contributed by atoms with Gasteiger partial charge in [0.15, 0.2) is 0 Å². The van der Waals surface area contributed by atoms with Gasteiger partial charge >= 0.3 is 11.9 Å². The minimum absolute atomic E-state index is 0.128. The molecular formula is C18H12ClF3N6O3. The summed E-state index contributed by atoms with van der Waals surface area (Å²) in [7, 11) is 0. The number of aromatic nitrogens is 2. The second-order valence-electron chi connectivity index (χ2n) is 5.97. The molecule has 0 saturated carbocycles. The summed E-state index contributed by atoms with van der Waals surface area (Å²) in [5.41, 5.74) is 3.42. The Labute approximate surface area is 177 Å². The Morgan fingerprint density at radius 2 is 1.74 bits per heavy atom. The van der Waals surface area contributed by atoms with Crippen LogP contribution in [0.15, 0.2) is 54.9 Å². The maximum atomic E-state index is 12.7. The molecule has 0 bridgehead atoms. The summed E-state index contributed by atoms with van der Waals surface area (Å²) in [4.78, 5) is 30.4. The number of hydrogen-bond donors (Lipinski definition) is 3. The van der Waals surface area contributed by atoms with Crippen LogP contribution >= 0.6 is 11.6 Å². The van der Waals surface area contributed by atoms with E-state index in [9.17, 15) is 28.1 Å².